The number of amides is 1. The number of carbonyl (C=O) groups is 1. The van der Waals surface area contributed by atoms with Gasteiger partial charge in [0.15, 0.2) is 0 Å². The molecule has 4 heterocycles. The molecular formula is C18H22N6O2. The second kappa shape index (κ2) is 7.15. The molecule has 0 bridgehead atoms. The van der Waals surface area contributed by atoms with Gasteiger partial charge in [0.25, 0.3) is 0 Å². The number of imidazole rings is 1. The molecule has 1 amide bonds. The summed E-state index contributed by atoms with van der Waals surface area (Å²) >= 11 is 0. The van der Waals surface area contributed by atoms with E-state index >= 15 is 0 Å². The van der Waals surface area contributed by atoms with Gasteiger partial charge in [-0.15, -0.1) is 0 Å². The van der Waals surface area contributed by atoms with Crippen LogP contribution >= 0.6 is 0 Å². The molecule has 4 rings (SSSR count). The van der Waals surface area contributed by atoms with Gasteiger partial charge in [-0.2, -0.15) is 5.10 Å². The van der Waals surface area contributed by atoms with Crippen molar-refractivity contribution in [2.24, 2.45) is 0 Å². The monoisotopic (exact) mass is 354 g/mol. The van der Waals surface area contributed by atoms with Gasteiger partial charge in [0.1, 0.15) is 18.0 Å². The summed E-state index contributed by atoms with van der Waals surface area (Å²) < 4.78 is 4.94. The molecular weight excluding hydrogens is 332 g/mol. The Morgan fingerprint density at radius 1 is 1.23 bits per heavy atom. The molecule has 8 heteroatoms. The predicted octanol–water partition coefficient (Wildman–Crippen LogP) is 0.778. The first kappa shape index (κ1) is 16.6. The van der Waals surface area contributed by atoms with Crippen molar-refractivity contribution in [2.45, 2.75) is 45.2 Å². The molecule has 0 atom stereocenters. The maximum atomic E-state index is 12.4. The van der Waals surface area contributed by atoms with Crippen LogP contribution in [0.5, 0.6) is 0 Å². The van der Waals surface area contributed by atoms with Gasteiger partial charge in [-0.25, -0.2) is 14.5 Å². The molecule has 0 saturated heterocycles. The first-order valence-corrected chi connectivity index (χ1v) is 9.06. The third kappa shape index (κ3) is 3.40. The summed E-state index contributed by atoms with van der Waals surface area (Å²) in [4.78, 5) is 29.0. The van der Waals surface area contributed by atoms with Crippen LogP contribution in [0.3, 0.4) is 0 Å². The summed E-state index contributed by atoms with van der Waals surface area (Å²) in [6.07, 6.45) is 8.50. The average molecular weight is 354 g/mol. The SMILES string of the molecule is O=C(Cn1nc2n(c1=O)CCCCC2)NCCc1cn2ccccc2n1. The summed E-state index contributed by atoms with van der Waals surface area (Å²) in [5.41, 5.74) is 1.62. The first-order valence-electron chi connectivity index (χ1n) is 9.06. The van der Waals surface area contributed by atoms with Crippen LogP contribution < -0.4 is 11.0 Å². The summed E-state index contributed by atoms with van der Waals surface area (Å²) in [5.74, 6) is 0.592. The molecule has 0 saturated carbocycles. The lowest BCUT2D eigenvalue weighted by Crippen LogP contribution is -2.34. The zero-order valence-corrected chi connectivity index (χ0v) is 14.6. The Balaban J connectivity index is 1.33. The summed E-state index contributed by atoms with van der Waals surface area (Å²) in [7, 11) is 0. The highest BCUT2D eigenvalue weighted by atomic mass is 16.2. The lowest BCUT2D eigenvalue weighted by atomic mass is 10.2. The molecule has 0 radical (unpaired) electrons. The van der Waals surface area contributed by atoms with Crippen LogP contribution in [0.15, 0.2) is 35.4 Å². The molecule has 0 aromatic carbocycles. The Morgan fingerprint density at radius 2 is 2.15 bits per heavy atom. The number of fused-ring (bicyclic) bond motifs is 2. The van der Waals surface area contributed by atoms with E-state index in [0.29, 0.717) is 19.5 Å². The molecule has 1 aliphatic heterocycles. The van der Waals surface area contributed by atoms with E-state index in [1.165, 1.54) is 4.68 Å². The van der Waals surface area contributed by atoms with Crippen molar-refractivity contribution in [3.05, 3.63) is 52.6 Å². The van der Waals surface area contributed by atoms with E-state index in [9.17, 15) is 9.59 Å². The second-order valence-corrected chi connectivity index (χ2v) is 6.62. The minimum absolute atomic E-state index is 0.0377. The van der Waals surface area contributed by atoms with Gasteiger partial charge < -0.3 is 9.72 Å². The van der Waals surface area contributed by atoms with Gasteiger partial charge in [0, 0.05) is 38.3 Å². The van der Waals surface area contributed by atoms with E-state index in [1.807, 2.05) is 35.0 Å². The molecule has 0 fully saturated rings. The van der Waals surface area contributed by atoms with Crippen molar-refractivity contribution >= 4 is 11.6 Å². The van der Waals surface area contributed by atoms with Crippen molar-refractivity contribution in [1.82, 2.24) is 29.0 Å². The van der Waals surface area contributed by atoms with E-state index in [-0.39, 0.29) is 18.1 Å². The smallest absolute Gasteiger partial charge is 0.346 e. The zero-order valence-electron chi connectivity index (χ0n) is 14.6. The summed E-state index contributed by atoms with van der Waals surface area (Å²) in [6, 6.07) is 5.83. The minimum Gasteiger partial charge on any atom is -0.354 e. The van der Waals surface area contributed by atoms with Crippen molar-refractivity contribution in [1.29, 1.82) is 0 Å². The first-order chi connectivity index (χ1) is 12.7. The van der Waals surface area contributed by atoms with Gasteiger partial charge in [0.05, 0.1) is 5.69 Å². The number of carbonyl (C=O) groups excluding carboxylic acids is 1. The average Bonchev–Trinajstić information content (AvgIpc) is 3.07. The normalized spacial score (nSPS) is 14.2. The highest BCUT2D eigenvalue weighted by Crippen LogP contribution is 2.10. The van der Waals surface area contributed by atoms with Gasteiger partial charge in [0.2, 0.25) is 5.91 Å². The lowest BCUT2D eigenvalue weighted by molar-refractivity contribution is -0.121. The van der Waals surface area contributed by atoms with Gasteiger partial charge in [-0.3, -0.25) is 9.36 Å². The number of aromatic nitrogens is 5. The van der Waals surface area contributed by atoms with Gasteiger partial charge in [-0.05, 0) is 25.0 Å². The van der Waals surface area contributed by atoms with Crippen molar-refractivity contribution in [3.63, 3.8) is 0 Å². The Bertz CT molecular complexity index is 950. The van der Waals surface area contributed by atoms with Crippen LogP contribution in [0.4, 0.5) is 0 Å². The van der Waals surface area contributed by atoms with E-state index in [1.54, 1.807) is 4.57 Å². The van der Waals surface area contributed by atoms with Gasteiger partial charge in [-0.1, -0.05) is 12.5 Å². The van der Waals surface area contributed by atoms with E-state index < -0.39 is 0 Å². The van der Waals surface area contributed by atoms with Crippen molar-refractivity contribution in [2.75, 3.05) is 6.54 Å². The van der Waals surface area contributed by atoms with Crippen LogP contribution in [-0.2, 0) is 30.7 Å². The zero-order chi connectivity index (χ0) is 17.9. The fourth-order valence-corrected chi connectivity index (χ4v) is 3.36. The van der Waals surface area contributed by atoms with Crippen LogP contribution in [0.25, 0.3) is 5.65 Å². The molecule has 26 heavy (non-hydrogen) atoms. The van der Waals surface area contributed by atoms with Crippen LogP contribution in [-0.4, -0.2) is 36.2 Å². The highest BCUT2D eigenvalue weighted by Gasteiger charge is 2.17. The van der Waals surface area contributed by atoms with Crippen molar-refractivity contribution < 1.29 is 4.79 Å². The van der Waals surface area contributed by atoms with Crippen molar-refractivity contribution in [3.8, 4) is 0 Å². The molecule has 1 N–H and O–H groups in total. The van der Waals surface area contributed by atoms with E-state index in [4.69, 9.17) is 0 Å². The fraction of sp³-hybridized carbons (Fsp3) is 0.444. The minimum atomic E-state index is -0.205. The lowest BCUT2D eigenvalue weighted by Gasteiger charge is -2.03. The standard InChI is InChI=1S/C18H22N6O2/c25-17(13-24-18(26)23-11-4-1-2-7-16(23)21-24)19-9-8-14-12-22-10-5-3-6-15(22)20-14/h3,5-6,10,12H,1-2,4,7-9,11,13H2,(H,19,25). The Hall–Kier alpha value is -2.90. The number of aryl methyl sites for hydroxylation is 1. The van der Waals surface area contributed by atoms with Crippen LogP contribution in [0.1, 0.15) is 30.8 Å². The topological polar surface area (TPSA) is 86.2 Å². The Morgan fingerprint density at radius 3 is 3.04 bits per heavy atom. The molecule has 0 unspecified atom stereocenters. The third-order valence-electron chi connectivity index (χ3n) is 4.69. The summed E-state index contributed by atoms with van der Waals surface area (Å²) in [5, 5.41) is 7.18. The number of hydrogen-bond donors (Lipinski definition) is 1. The fourth-order valence-electron chi connectivity index (χ4n) is 3.36. The number of nitrogens with one attached hydrogen (secondary N) is 1. The quantitative estimate of drug-likeness (QED) is 0.734. The molecule has 136 valence electrons. The molecule has 3 aromatic heterocycles. The number of rotatable bonds is 5. The molecule has 0 aliphatic carbocycles. The van der Waals surface area contributed by atoms with Gasteiger partial charge >= 0.3 is 5.69 Å². The van der Waals surface area contributed by atoms with E-state index in [0.717, 1.165) is 42.8 Å². The molecule has 0 spiro atoms. The maximum absolute atomic E-state index is 12.4. The molecule has 1 aliphatic rings. The number of hydrogen-bond acceptors (Lipinski definition) is 4. The third-order valence-corrected chi connectivity index (χ3v) is 4.69. The summed E-state index contributed by atoms with van der Waals surface area (Å²) in [6.45, 7) is 1.14. The molecule has 3 aromatic rings. The predicted molar refractivity (Wildman–Crippen MR) is 95.9 cm³/mol. The Kier molecular flexibility index (Phi) is 4.55. The number of nitrogens with zero attached hydrogens (tertiary/aromatic N) is 5. The second-order valence-electron chi connectivity index (χ2n) is 6.62. The molecule has 8 nitrogen and oxygen atoms in total. The maximum Gasteiger partial charge on any atom is 0.346 e. The van der Waals surface area contributed by atoms with Crippen LogP contribution in [0, 0.1) is 0 Å². The largest absolute Gasteiger partial charge is 0.354 e. The Labute approximate surface area is 150 Å². The number of pyridine rings is 1. The van der Waals surface area contributed by atoms with E-state index in [2.05, 4.69) is 15.4 Å². The van der Waals surface area contributed by atoms with Crippen LogP contribution in [0.2, 0.25) is 0 Å². The highest BCUT2D eigenvalue weighted by molar-refractivity contribution is 5.75.